The number of anilines is 1. The molecule has 0 spiro atoms. The molecule has 1 aliphatic heterocycles. The largest absolute Gasteiger partial charge is 0.468 e. The summed E-state index contributed by atoms with van der Waals surface area (Å²) in [4.78, 5) is 14.1. The van der Waals surface area contributed by atoms with Crippen molar-refractivity contribution in [1.29, 1.82) is 0 Å². The Labute approximate surface area is 152 Å². The van der Waals surface area contributed by atoms with Gasteiger partial charge in [0.2, 0.25) is 5.95 Å². The SMILES string of the molecule is COC(=O)C(C)Sc1nnc(N2CCCCC2)n1-c1ccc(C)cc1. The van der Waals surface area contributed by atoms with Gasteiger partial charge in [-0.05, 0) is 45.2 Å². The van der Waals surface area contributed by atoms with E-state index in [0.717, 1.165) is 24.7 Å². The maximum atomic E-state index is 11.8. The van der Waals surface area contributed by atoms with Crippen LogP contribution in [-0.2, 0) is 9.53 Å². The molecule has 1 aromatic carbocycles. The third kappa shape index (κ3) is 3.98. The van der Waals surface area contributed by atoms with Crippen LogP contribution >= 0.6 is 11.8 Å². The molecule has 0 aliphatic carbocycles. The number of piperidine rings is 1. The smallest absolute Gasteiger partial charge is 0.318 e. The van der Waals surface area contributed by atoms with Crippen LogP contribution in [0.3, 0.4) is 0 Å². The van der Waals surface area contributed by atoms with Crippen molar-refractivity contribution in [2.24, 2.45) is 0 Å². The predicted octanol–water partition coefficient (Wildman–Crippen LogP) is 3.22. The number of carbonyl (C=O) groups excluding carboxylic acids is 1. The molecule has 134 valence electrons. The van der Waals surface area contributed by atoms with Gasteiger partial charge in [0.15, 0.2) is 5.16 Å². The lowest BCUT2D eigenvalue weighted by molar-refractivity contribution is -0.139. The number of ether oxygens (including phenoxy) is 1. The molecular formula is C18H24N4O2S. The van der Waals surface area contributed by atoms with Crippen LogP contribution in [-0.4, -0.2) is 46.2 Å². The first-order valence-electron chi connectivity index (χ1n) is 8.62. The molecule has 0 N–H and O–H groups in total. The summed E-state index contributed by atoms with van der Waals surface area (Å²) in [7, 11) is 1.41. The van der Waals surface area contributed by atoms with Crippen LogP contribution in [0, 0.1) is 6.92 Å². The highest BCUT2D eigenvalue weighted by molar-refractivity contribution is 8.00. The second-order valence-corrected chi connectivity index (χ2v) is 7.59. The highest BCUT2D eigenvalue weighted by Gasteiger charge is 2.24. The monoisotopic (exact) mass is 360 g/mol. The molecule has 0 amide bonds. The van der Waals surface area contributed by atoms with E-state index in [0.29, 0.717) is 5.16 Å². The quantitative estimate of drug-likeness (QED) is 0.603. The van der Waals surface area contributed by atoms with E-state index in [-0.39, 0.29) is 11.2 Å². The minimum atomic E-state index is -0.340. The van der Waals surface area contributed by atoms with Crippen LogP contribution in [0.5, 0.6) is 0 Å². The molecule has 0 radical (unpaired) electrons. The lowest BCUT2D eigenvalue weighted by Crippen LogP contribution is -2.31. The topological polar surface area (TPSA) is 60.2 Å². The van der Waals surface area contributed by atoms with Gasteiger partial charge in [-0.25, -0.2) is 0 Å². The second-order valence-electron chi connectivity index (χ2n) is 6.28. The Morgan fingerprint density at radius 2 is 1.84 bits per heavy atom. The van der Waals surface area contributed by atoms with E-state index in [9.17, 15) is 4.79 Å². The van der Waals surface area contributed by atoms with E-state index in [4.69, 9.17) is 4.74 Å². The number of esters is 1. The number of hydrogen-bond donors (Lipinski definition) is 0. The number of methoxy groups -OCH3 is 1. The van der Waals surface area contributed by atoms with E-state index < -0.39 is 0 Å². The van der Waals surface area contributed by atoms with Gasteiger partial charge in [-0.3, -0.25) is 9.36 Å². The Morgan fingerprint density at radius 1 is 1.16 bits per heavy atom. The first kappa shape index (κ1) is 17.8. The lowest BCUT2D eigenvalue weighted by atomic mass is 10.1. The molecule has 25 heavy (non-hydrogen) atoms. The summed E-state index contributed by atoms with van der Waals surface area (Å²) in [6, 6.07) is 8.29. The maximum Gasteiger partial charge on any atom is 0.318 e. The summed E-state index contributed by atoms with van der Waals surface area (Å²) in [5.41, 5.74) is 2.21. The summed E-state index contributed by atoms with van der Waals surface area (Å²) in [5.74, 6) is 0.589. The van der Waals surface area contributed by atoms with Gasteiger partial charge < -0.3 is 9.64 Å². The third-order valence-corrected chi connectivity index (χ3v) is 5.38. The van der Waals surface area contributed by atoms with Crippen molar-refractivity contribution < 1.29 is 9.53 Å². The molecule has 0 saturated carbocycles. The van der Waals surface area contributed by atoms with Crippen molar-refractivity contribution in [3.8, 4) is 5.69 Å². The maximum absolute atomic E-state index is 11.8. The van der Waals surface area contributed by atoms with Gasteiger partial charge >= 0.3 is 5.97 Å². The molecule has 1 fully saturated rings. The van der Waals surface area contributed by atoms with E-state index >= 15 is 0 Å². The standard InChI is InChI=1S/C18H24N4O2S/c1-13-7-9-15(10-8-13)22-17(21-11-5-4-6-12-21)19-20-18(22)25-14(2)16(23)24-3/h7-10,14H,4-6,11-12H2,1-3H3. The van der Waals surface area contributed by atoms with Crippen molar-refractivity contribution in [3.05, 3.63) is 29.8 Å². The summed E-state index contributed by atoms with van der Waals surface area (Å²) < 4.78 is 6.89. The van der Waals surface area contributed by atoms with Gasteiger partial charge in [-0.2, -0.15) is 0 Å². The predicted molar refractivity (Wildman–Crippen MR) is 99.5 cm³/mol. The summed E-state index contributed by atoms with van der Waals surface area (Å²) >= 11 is 1.37. The number of rotatable bonds is 5. The third-order valence-electron chi connectivity index (χ3n) is 4.36. The number of aryl methyl sites for hydroxylation is 1. The van der Waals surface area contributed by atoms with Crippen LogP contribution in [0.2, 0.25) is 0 Å². The van der Waals surface area contributed by atoms with Gasteiger partial charge in [0.25, 0.3) is 0 Å². The number of aromatic nitrogens is 3. The fourth-order valence-corrected chi connectivity index (χ4v) is 3.82. The number of thioether (sulfide) groups is 1. The first-order chi connectivity index (χ1) is 12.1. The Bertz CT molecular complexity index is 723. The molecule has 7 heteroatoms. The number of benzene rings is 1. The van der Waals surface area contributed by atoms with E-state index in [1.165, 1.54) is 43.7 Å². The molecule has 1 aliphatic rings. The van der Waals surface area contributed by atoms with Crippen LogP contribution in [0.25, 0.3) is 5.69 Å². The molecule has 6 nitrogen and oxygen atoms in total. The fraction of sp³-hybridized carbons (Fsp3) is 0.500. The number of nitrogens with zero attached hydrogens (tertiary/aromatic N) is 4. The Hall–Kier alpha value is -2.02. The normalized spacial score (nSPS) is 15.9. The van der Waals surface area contributed by atoms with Crippen LogP contribution in [0.1, 0.15) is 31.7 Å². The fourth-order valence-electron chi connectivity index (χ4n) is 2.93. The zero-order chi connectivity index (χ0) is 17.8. The Morgan fingerprint density at radius 3 is 2.48 bits per heavy atom. The second kappa shape index (κ2) is 7.91. The van der Waals surface area contributed by atoms with E-state index in [1.807, 2.05) is 6.92 Å². The minimum Gasteiger partial charge on any atom is -0.468 e. The van der Waals surface area contributed by atoms with Gasteiger partial charge in [0.05, 0.1) is 12.8 Å². The molecule has 1 aromatic heterocycles. The van der Waals surface area contributed by atoms with Crippen molar-refractivity contribution in [3.63, 3.8) is 0 Å². The summed E-state index contributed by atoms with van der Waals surface area (Å²) in [6.45, 7) is 5.87. The van der Waals surface area contributed by atoms with Crippen LogP contribution in [0.15, 0.2) is 29.4 Å². The van der Waals surface area contributed by atoms with Crippen LogP contribution in [0.4, 0.5) is 5.95 Å². The van der Waals surface area contributed by atoms with Crippen LogP contribution < -0.4 is 4.90 Å². The highest BCUT2D eigenvalue weighted by atomic mass is 32.2. The molecule has 2 heterocycles. The lowest BCUT2D eigenvalue weighted by Gasteiger charge is -2.28. The molecule has 1 atom stereocenters. The number of carbonyl (C=O) groups is 1. The van der Waals surface area contributed by atoms with Crippen molar-refractivity contribution in [1.82, 2.24) is 14.8 Å². The molecule has 3 rings (SSSR count). The average Bonchev–Trinajstić information content (AvgIpc) is 3.06. The molecule has 1 saturated heterocycles. The Kier molecular flexibility index (Phi) is 5.63. The highest BCUT2D eigenvalue weighted by Crippen LogP contribution is 2.30. The zero-order valence-electron chi connectivity index (χ0n) is 14.9. The molecule has 1 unspecified atom stereocenters. The van der Waals surface area contributed by atoms with E-state index in [2.05, 4.69) is 50.9 Å². The van der Waals surface area contributed by atoms with Crippen molar-refractivity contribution >= 4 is 23.7 Å². The average molecular weight is 360 g/mol. The molecule has 0 bridgehead atoms. The van der Waals surface area contributed by atoms with Gasteiger partial charge in [-0.15, -0.1) is 10.2 Å². The summed E-state index contributed by atoms with van der Waals surface area (Å²) in [6.07, 6.45) is 3.60. The molecular weight excluding hydrogens is 336 g/mol. The first-order valence-corrected chi connectivity index (χ1v) is 9.50. The van der Waals surface area contributed by atoms with Crippen molar-refractivity contribution in [2.75, 3.05) is 25.1 Å². The molecule has 2 aromatic rings. The minimum absolute atomic E-state index is 0.261. The van der Waals surface area contributed by atoms with E-state index in [1.54, 1.807) is 0 Å². The Balaban J connectivity index is 1.98. The van der Waals surface area contributed by atoms with Gasteiger partial charge in [0, 0.05) is 13.1 Å². The number of hydrogen-bond acceptors (Lipinski definition) is 6. The summed E-state index contributed by atoms with van der Waals surface area (Å²) in [5, 5.41) is 9.19. The van der Waals surface area contributed by atoms with Gasteiger partial charge in [-0.1, -0.05) is 29.5 Å². The zero-order valence-corrected chi connectivity index (χ0v) is 15.8. The van der Waals surface area contributed by atoms with Gasteiger partial charge in [0.1, 0.15) is 5.25 Å². The van der Waals surface area contributed by atoms with Crippen molar-refractivity contribution in [2.45, 2.75) is 43.5 Å².